The average molecular weight is 539 g/mol. The maximum absolute atomic E-state index is 13.2. The van der Waals surface area contributed by atoms with Gasteiger partial charge in [0, 0.05) is 24.4 Å². The molecule has 2 heterocycles. The fourth-order valence-corrected chi connectivity index (χ4v) is 8.21. The van der Waals surface area contributed by atoms with Crippen LogP contribution in [0.2, 0.25) is 0 Å². The Morgan fingerprint density at radius 1 is 1.19 bits per heavy atom. The molecule has 4 atom stereocenters. The van der Waals surface area contributed by atoms with Gasteiger partial charge in [0.15, 0.2) is 25.1 Å². The molecule has 2 aromatic rings. The molecule has 12 heteroatoms. The number of rotatable bonds is 8. The second-order valence-corrected chi connectivity index (χ2v) is 13.5. The third-order valence-electron chi connectivity index (χ3n) is 6.22. The smallest absolute Gasteiger partial charge is 0.371 e. The molecular formula is C24H31NO9P2. The number of pyridine rings is 1. The van der Waals surface area contributed by atoms with E-state index in [0.717, 1.165) is 25.7 Å². The topological polar surface area (TPSA) is 137 Å². The summed E-state index contributed by atoms with van der Waals surface area (Å²) in [5, 5.41) is 8.46. The van der Waals surface area contributed by atoms with Gasteiger partial charge in [0.2, 0.25) is 5.08 Å². The molecule has 10 nitrogen and oxygen atoms in total. The van der Waals surface area contributed by atoms with Crippen LogP contribution in [0.5, 0.6) is 11.5 Å². The lowest BCUT2D eigenvalue weighted by Gasteiger charge is -2.45. The van der Waals surface area contributed by atoms with Gasteiger partial charge in [-0.3, -0.25) is 18.6 Å². The molecular weight excluding hydrogens is 508 g/mol. The highest BCUT2D eigenvalue weighted by Crippen LogP contribution is 2.78. The largest absolute Gasteiger partial charge is 0.493 e. The maximum Gasteiger partial charge on any atom is 0.371 e. The predicted molar refractivity (Wildman–Crippen MR) is 135 cm³/mol. The highest BCUT2D eigenvalue weighted by atomic mass is 31.2. The number of benzene rings is 1. The molecule has 4 rings (SSSR count). The summed E-state index contributed by atoms with van der Waals surface area (Å²) in [6.45, 7) is 3.83. The molecule has 2 fully saturated rings. The van der Waals surface area contributed by atoms with Crippen LogP contribution in [-0.4, -0.2) is 44.5 Å². The van der Waals surface area contributed by atoms with Crippen molar-refractivity contribution >= 4 is 21.2 Å². The monoisotopic (exact) mass is 539 g/mol. The van der Waals surface area contributed by atoms with E-state index in [4.69, 9.17) is 23.3 Å². The molecule has 0 spiro atoms. The van der Waals surface area contributed by atoms with Gasteiger partial charge >= 0.3 is 7.60 Å². The molecule has 2 aliphatic rings. The molecule has 4 unspecified atom stereocenters. The number of aliphatic hydroxyl groups is 1. The zero-order valence-corrected chi connectivity index (χ0v) is 21.8. The van der Waals surface area contributed by atoms with Gasteiger partial charge < -0.3 is 29.1 Å². The first-order chi connectivity index (χ1) is 17.0. The van der Waals surface area contributed by atoms with E-state index in [2.05, 4.69) is 17.9 Å². The number of ether oxygens (including phenoxy) is 3. The molecule has 3 N–H and O–H groups in total. The van der Waals surface area contributed by atoms with Gasteiger partial charge in [0.05, 0.1) is 7.11 Å². The van der Waals surface area contributed by atoms with Crippen LogP contribution in [0, 0.1) is 0 Å². The third-order valence-corrected chi connectivity index (χ3v) is 11.3. The quantitative estimate of drug-likeness (QED) is 0.320. The summed E-state index contributed by atoms with van der Waals surface area (Å²) in [4.78, 5) is 25.6. The normalized spacial score (nSPS) is 30.9. The number of nitrogens with zero attached hydrogens (tertiary/aromatic N) is 1. The van der Waals surface area contributed by atoms with E-state index in [1.807, 2.05) is 0 Å². The van der Waals surface area contributed by atoms with Crippen LogP contribution in [0.1, 0.15) is 49.5 Å². The molecule has 1 aromatic heterocycles. The molecule has 1 aromatic carbocycles. The van der Waals surface area contributed by atoms with Crippen molar-refractivity contribution in [1.29, 1.82) is 0 Å². The van der Waals surface area contributed by atoms with Crippen LogP contribution in [0.4, 0.5) is 0 Å². The first kappa shape index (κ1) is 26.9. The number of methoxy groups -OCH3 is 1. The molecule has 1 aliphatic carbocycles. The zero-order chi connectivity index (χ0) is 26.0. The average Bonchev–Trinajstić information content (AvgIpc) is 2.84. The minimum Gasteiger partial charge on any atom is -0.493 e. The minimum atomic E-state index is -4.86. The van der Waals surface area contributed by atoms with Crippen molar-refractivity contribution < 1.29 is 42.7 Å². The fraction of sp³-hybridized carbons (Fsp3) is 0.417. The lowest BCUT2D eigenvalue weighted by atomic mass is 9.98. The Hall–Kier alpha value is -2.16. The van der Waals surface area contributed by atoms with Crippen molar-refractivity contribution in [3.8, 4) is 11.5 Å². The summed E-state index contributed by atoms with van der Waals surface area (Å²) in [6.07, 6.45) is 9.92. The zero-order valence-electron chi connectivity index (χ0n) is 20.0. The minimum absolute atomic E-state index is 0.0587. The lowest BCUT2D eigenvalue weighted by molar-refractivity contribution is -0.0474. The van der Waals surface area contributed by atoms with Gasteiger partial charge in [-0.15, -0.1) is 0 Å². The van der Waals surface area contributed by atoms with Gasteiger partial charge in [0.1, 0.15) is 6.10 Å². The molecule has 1 aliphatic heterocycles. The highest BCUT2D eigenvalue weighted by molar-refractivity contribution is 7.78. The van der Waals surface area contributed by atoms with Crippen molar-refractivity contribution in [2.45, 2.75) is 56.0 Å². The van der Waals surface area contributed by atoms with Gasteiger partial charge in [-0.1, -0.05) is 12.5 Å². The Balaban J connectivity index is 1.52. The second kappa shape index (κ2) is 10.7. The summed E-state index contributed by atoms with van der Waals surface area (Å²) >= 11 is 0. The highest BCUT2D eigenvalue weighted by Gasteiger charge is 2.62. The molecule has 0 radical (unpaired) electrons. The Morgan fingerprint density at radius 3 is 2.58 bits per heavy atom. The van der Waals surface area contributed by atoms with Crippen molar-refractivity contribution in [3.05, 3.63) is 66.4 Å². The van der Waals surface area contributed by atoms with Gasteiger partial charge in [0.25, 0.3) is 5.95 Å². The first-order valence-electron chi connectivity index (χ1n) is 11.5. The van der Waals surface area contributed by atoms with E-state index < -0.39 is 32.7 Å². The van der Waals surface area contributed by atoms with Crippen LogP contribution >= 0.6 is 14.9 Å². The summed E-state index contributed by atoms with van der Waals surface area (Å²) < 4.78 is 41.0. The van der Waals surface area contributed by atoms with Crippen molar-refractivity contribution in [2.75, 3.05) is 7.11 Å². The second-order valence-electron chi connectivity index (χ2n) is 8.84. The van der Waals surface area contributed by atoms with E-state index in [1.54, 1.807) is 12.1 Å². The van der Waals surface area contributed by atoms with Crippen LogP contribution in [0.25, 0.3) is 0 Å². The van der Waals surface area contributed by atoms with E-state index in [0.29, 0.717) is 11.3 Å². The summed E-state index contributed by atoms with van der Waals surface area (Å²) in [7, 11) is -7.55. The van der Waals surface area contributed by atoms with Crippen LogP contribution in [0.15, 0.2) is 55.2 Å². The van der Waals surface area contributed by atoms with E-state index in [9.17, 15) is 19.5 Å². The van der Waals surface area contributed by atoms with Crippen LogP contribution < -0.4 is 9.47 Å². The molecule has 1 saturated heterocycles. The number of hydrogen-bond donors (Lipinski definition) is 3. The summed E-state index contributed by atoms with van der Waals surface area (Å²) in [5.74, 6) is 0.692. The molecule has 36 heavy (non-hydrogen) atoms. The maximum atomic E-state index is 13.2. The molecule has 1 saturated carbocycles. The molecule has 0 bridgehead atoms. The van der Waals surface area contributed by atoms with Crippen LogP contribution in [-0.2, 0) is 24.8 Å². The summed E-state index contributed by atoms with van der Waals surface area (Å²) in [5.41, 5.74) is 0.652. The van der Waals surface area contributed by atoms with Crippen molar-refractivity contribution in [3.63, 3.8) is 0 Å². The fourth-order valence-electron chi connectivity index (χ4n) is 4.23. The first-order valence-corrected chi connectivity index (χ1v) is 15.0. The number of hydrogen-bond acceptors (Lipinski definition) is 9. The lowest BCUT2D eigenvalue weighted by Crippen LogP contribution is -2.38. The SMILES string of the molecule is C=C(Oc1ccc(C2OP(=C)(O)C(O)(Cc3cccnc3)P(=O)(O)O2)cc1OC)OC1CCCCC1. The Morgan fingerprint density at radius 2 is 1.94 bits per heavy atom. The van der Waals surface area contributed by atoms with E-state index in [1.165, 1.54) is 44.1 Å². The Bertz CT molecular complexity index is 1160. The summed E-state index contributed by atoms with van der Waals surface area (Å²) in [6, 6.07) is 7.71. The third kappa shape index (κ3) is 5.55. The van der Waals surface area contributed by atoms with Gasteiger partial charge in [-0.25, -0.2) is 0 Å². The van der Waals surface area contributed by atoms with Gasteiger partial charge in [-0.2, -0.15) is 0 Å². The molecule has 196 valence electrons. The predicted octanol–water partition coefficient (Wildman–Crippen LogP) is 4.68. The van der Waals surface area contributed by atoms with Crippen LogP contribution in [0.3, 0.4) is 0 Å². The van der Waals surface area contributed by atoms with E-state index >= 15 is 0 Å². The Labute approximate surface area is 210 Å². The molecule has 0 amide bonds. The van der Waals surface area contributed by atoms with E-state index in [-0.39, 0.29) is 23.4 Å². The van der Waals surface area contributed by atoms with Crippen molar-refractivity contribution in [2.24, 2.45) is 0 Å². The van der Waals surface area contributed by atoms with Gasteiger partial charge in [-0.05, 0) is 68.4 Å². The number of aromatic nitrogens is 1. The van der Waals surface area contributed by atoms with Crippen molar-refractivity contribution in [1.82, 2.24) is 4.98 Å². The standard InChI is InChI=1S/C24H31NO9P2/c1-17(31-20-9-5-4-6-10-20)32-21-12-11-19(14-22(21)30-2)23-33-35(3,27)24(26,36(28,29)34-23)15-18-8-7-13-25-16-18/h7-8,11-14,16,20,23,26-27H,1,3-6,9-10,15H2,2H3,(H,28,29). The Kier molecular flexibility index (Phi) is 7.98.